The summed E-state index contributed by atoms with van der Waals surface area (Å²) < 4.78 is 5.01. The van der Waals surface area contributed by atoms with Gasteiger partial charge in [-0.2, -0.15) is 0 Å². The zero-order valence-electron chi connectivity index (χ0n) is 11.3. The molecule has 0 atom stereocenters. The van der Waals surface area contributed by atoms with Crippen molar-refractivity contribution in [2.45, 2.75) is 32.6 Å². The van der Waals surface area contributed by atoms with Crippen molar-refractivity contribution in [1.82, 2.24) is 0 Å². The van der Waals surface area contributed by atoms with Crippen molar-refractivity contribution in [3.63, 3.8) is 0 Å². The van der Waals surface area contributed by atoms with Crippen LogP contribution in [0.15, 0.2) is 27.7 Å². The second kappa shape index (κ2) is 7.55. The molecule has 1 fully saturated rings. The molecule has 6 heteroatoms. The molecule has 1 heterocycles. The molecule has 0 saturated heterocycles. The lowest BCUT2D eigenvalue weighted by Crippen LogP contribution is -2.17. The highest BCUT2D eigenvalue weighted by Gasteiger charge is 2.20. The van der Waals surface area contributed by atoms with Gasteiger partial charge < -0.3 is 4.74 Å². The highest BCUT2D eigenvalue weighted by molar-refractivity contribution is 7.13. The fourth-order valence-electron chi connectivity index (χ4n) is 2.15. The van der Waals surface area contributed by atoms with Crippen molar-refractivity contribution in [3.8, 4) is 0 Å². The summed E-state index contributed by atoms with van der Waals surface area (Å²) in [7, 11) is 0. The second-order valence-corrected chi connectivity index (χ2v) is 5.89. The van der Waals surface area contributed by atoms with E-state index in [2.05, 4.69) is 10.2 Å². The molecule has 0 N–H and O–H groups in total. The first-order chi connectivity index (χ1) is 9.72. The number of rotatable bonds is 5. The molecule has 1 aromatic heterocycles. The van der Waals surface area contributed by atoms with Crippen LogP contribution in [0, 0.1) is 5.92 Å². The molecule has 1 aliphatic carbocycles. The van der Waals surface area contributed by atoms with Crippen molar-refractivity contribution in [2.24, 2.45) is 16.1 Å². The van der Waals surface area contributed by atoms with Gasteiger partial charge in [0.05, 0.1) is 11.5 Å². The van der Waals surface area contributed by atoms with Gasteiger partial charge in [0.1, 0.15) is 5.17 Å². The van der Waals surface area contributed by atoms with Gasteiger partial charge in [-0.15, -0.1) is 21.5 Å². The van der Waals surface area contributed by atoms with Crippen molar-refractivity contribution in [2.75, 3.05) is 6.61 Å². The maximum absolute atomic E-state index is 11.9. The molecule has 0 amide bonds. The van der Waals surface area contributed by atoms with Crippen molar-refractivity contribution >= 4 is 39.8 Å². The molecule has 1 saturated carbocycles. The average molecular weight is 313 g/mol. The predicted octanol–water partition coefficient (Wildman–Crippen LogP) is 3.84. The van der Waals surface area contributed by atoms with Crippen LogP contribution in [0.4, 0.5) is 0 Å². The van der Waals surface area contributed by atoms with E-state index in [0.29, 0.717) is 11.8 Å². The van der Waals surface area contributed by atoms with E-state index in [1.807, 2.05) is 17.5 Å². The van der Waals surface area contributed by atoms with Crippen molar-refractivity contribution in [1.29, 1.82) is 0 Å². The molecule has 4 nitrogen and oxygen atoms in total. The SMILES string of the molecule is CCOC(=O)C(=NN=C(Cl)C1CCCC1)c1cccs1. The van der Waals surface area contributed by atoms with E-state index in [9.17, 15) is 4.79 Å². The number of carbonyl (C=O) groups is 1. The smallest absolute Gasteiger partial charge is 0.360 e. The normalized spacial score (nSPS) is 17.5. The van der Waals surface area contributed by atoms with Crippen LogP contribution in [0.2, 0.25) is 0 Å². The number of nitrogens with zero attached hydrogens (tertiary/aromatic N) is 2. The topological polar surface area (TPSA) is 51.0 Å². The Morgan fingerprint density at radius 1 is 1.45 bits per heavy atom. The van der Waals surface area contributed by atoms with Gasteiger partial charge in [-0.25, -0.2) is 4.79 Å². The van der Waals surface area contributed by atoms with Gasteiger partial charge >= 0.3 is 5.97 Å². The van der Waals surface area contributed by atoms with Crippen LogP contribution >= 0.6 is 22.9 Å². The standard InChI is InChI=1S/C14H17ClN2O2S/c1-2-19-14(18)12(11-8-5-9-20-11)16-17-13(15)10-6-3-4-7-10/h5,8-10H,2-4,6-7H2,1H3. The van der Waals surface area contributed by atoms with E-state index in [4.69, 9.17) is 16.3 Å². The van der Waals surface area contributed by atoms with Gasteiger partial charge in [0.2, 0.25) is 0 Å². The molecular formula is C14H17ClN2O2S. The monoisotopic (exact) mass is 312 g/mol. The van der Waals surface area contributed by atoms with Crippen LogP contribution in [0.3, 0.4) is 0 Å². The third-order valence-electron chi connectivity index (χ3n) is 3.16. The van der Waals surface area contributed by atoms with Gasteiger partial charge in [-0.3, -0.25) is 0 Å². The number of halogens is 1. The Kier molecular flexibility index (Phi) is 5.73. The zero-order valence-corrected chi connectivity index (χ0v) is 12.9. The maximum Gasteiger partial charge on any atom is 0.360 e. The Hall–Kier alpha value is -1.20. The number of hydrogen-bond acceptors (Lipinski definition) is 5. The number of esters is 1. The molecule has 108 valence electrons. The fraction of sp³-hybridized carbons (Fsp3) is 0.500. The van der Waals surface area contributed by atoms with Crippen LogP contribution in [0.5, 0.6) is 0 Å². The maximum atomic E-state index is 11.9. The molecule has 0 aliphatic heterocycles. The first kappa shape index (κ1) is 15.2. The predicted molar refractivity (Wildman–Crippen MR) is 82.7 cm³/mol. The van der Waals surface area contributed by atoms with E-state index in [-0.39, 0.29) is 11.6 Å². The zero-order chi connectivity index (χ0) is 14.4. The number of hydrogen-bond donors (Lipinski definition) is 0. The first-order valence-corrected chi connectivity index (χ1v) is 8.00. The lowest BCUT2D eigenvalue weighted by molar-refractivity contribution is -0.134. The van der Waals surface area contributed by atoms with Gasteiger partial charge in [0.15, 0.2) is 5.71 Å². The Morgan fingerprint density at radius 2 is 2.20 bits per heavy atom. The van der Waals surface area contributed by atoms with E-state index >= 15 is 0 Å². The Balaban J connectivity index is 2.19. The summed E-state index contributed by atoms with van der Waals surface area (Å²) in [5.41, 5.74) is 0.220. The highest BCUT2D eigenvalue weighted by Crippen LogP contribution is 2.27. The summed E-state index contributed by atoms with van der Waals surface area (Å²) in [6, 6.07) is 3.68. The molecule has 0 radical (unpaired) electrons. The molecule has 1 aromatic rings. The lowest BCUT2D eigenvalue weighted by atomic mass is 10.1. The Labute approximate surface area is 127 Å². The van der Waals surface area contributed by atoms with Crippen molar-refractivity contribution in [3.05, 3.63) is 22.4 Å². The Bertz CT molecular complexity index is 505. The lowest BCUT2D eigenvalue weighted by Gasteiger charge is -2.05. The number of thiophene rings is 1. The van der Waals surface area contributed by atoms with E-state index in [1.165, 1.54) is 24.2 Å². The first-order valence-electron chi connectivity index (χ1n) is 6.74. The minimum absolute atomic E-state index is 0.220. The number of carbonyl (C=O) groups excluding carboxylic acids is 1. The summed E-state index contributed by atoms with van der Waals surface area (Å²) >= 11 is 7.59. The summed E-state index contributed by atoms with van der Waals surface area (Å²) in [6.07, 6.45) is 4.45. The molecule has 0 unspecified atom stereocenters. The van der Waals surface area contributed by atoms with Crippen molar-refractivity contribution < 1.29 is 9.53 Å². The minimum Gasteiger partial charge on any atom is -0.461 e. The van der Waals surface area contributed by atoms with E-state index in [0.717, 1.165) is 17.7 Å². The van der Waals surface area contributed by atoms with Gasteiger partial charge in [0, 0.05) is 5.92 Å². The van der Waals surface area contributed by atoms with Crippen LogP contribution in [0.1, 0.15) is 37.5 Å². The average Bonchev–Trinajstić information content (AvgIpc) is 3.12. The Morgan fingerprint density at radius 3 is 2.80 bits per heavy atom. The second-order valence-electron chi connectivity index (χ2n) is 4.55. The van der Waals surface area contributed by atoms with Crippen LogP contribution < -0.4 is 0 Å². The summed E-state index contributed by atoms with van der Waals surface area (Å²) in [4.78, 5) is 12.7. The van der Waals surface area contributed by atoms with Gasteiger partial charge in [-0.05, 0) is 31.2 Å². The third-order valence-corrected chi connectivity index (χ3v) is 4.42. The molecule has 2 rings (SSSR count). The van der Waals surface area contributed by atoms with E-state index in [1.54, 1.807) is 6.92 Å². The molecule has 0 aromatic carbocycles. The molecule has 0 bridgehead atoms. The summed E-state index contributed by atoms with van der Waals surface area (Å²) in [5, 5.41) is 10.4. The summed E-state index contributed by atoms with van der Waals surface area (Å²) in [6.45, 7) is 2.07. The minimum atomic E-state index is -0.463. The molecule has 0 spiro atoms. The molecule has 20 heavy (non-hydrogen) atoms. The number of ether oxygens (including phenoxy) is 1. The van der Waals surface area contributed by atoms with E-state index < -0.39 is 5.97 Å². The summed E-state index contributed by atoms with van der Waals surface area (Å²) in [5.74, 6) is -0.179. The quantitative estimate of drug-likeness (QED) is 0.471. The fourth-order valence-corrected chi connectivity index (χ4v) is 3.10. The van der Waals surface area contributed by atoms with Crippen LogP contribution in [0.25, 0.3) is 0 Å². The van der Waals surface area contributed by atoms with Crippen LogP contribution in [-0.4, -0.2) is 23.5 Å². The molecular weight excluding hydrogens is 296 g/mol. The highest BCUT2D eigenvalue weighted by atomic mass is 35.5. The molecule has 1 aliphatic rings. The van der Waals surface area contributed by atoms with Crippen LogP contribution in [-0.2, 0) is 9.53 Å². The largest absolute Gasteiger partial charge is 0.461 e. The van der Waals surface area contributed by atoms with Gasteiger partial charge in [-0.1, -0.05) is 30.5 Å². The van der Waals surface area contributed by atoms with Gasteiger partial charge in [0.25, 0.3) is 0 Å². The third kappa shape index (κ3) is 3.90.